The third-order valence-corrected chi connectivity index (χ3v) is 4.14. The first-order valence-electron chi connectivity index (χ1n) is 7.39. The van der Waals surface area contributed by atoms with E-state index in [-0.39, 0.29) is 11.9 Å². The Balaban J connectivity index is 1.78. The van der Waals surface area contributed by atoms with Crippen molar-refractivity contribution in [2.75, 3.05) is 20.1 Å². The number of benzene rings is 2. The quantitative estimate of drug-likeness (QED) is 0.934. The van der Waals surface area contributed by atoms with Crippen molar-refractivity contribution < 1.29 is 4.79 Å². The zero-order chi connectivity index (χ0) is 14.7. The Hall–Kier alpha value is -2.13. The van der Waals surface area contributed by atoms with Gasteiger partial charge in [-0.25, -0.2) is 0 Å². The highest BCUT2D eigenvalue weighted by Crippen LogP contribution is 2.21. The van der Waals surface area contributed by atoms with Gasteiger partial charge >= 0.3 is 0 Å². The average molecular weight is 280 g/mol. The van der Waals surface area contributed by atoms with Gasteiger partial charge in [-0.3, -0.25) is 4.79 Å². The fourth-order valence-electron chi connectivity index (χ4n) is 2.92. The SMILES string of the molecule is CNC(CN1CCc2ccccc2C1=O)c1ccccc1. The average Bonchev–Trinajstić information content (AvgIpc) is 2.55. The van der Waals surface area contributed by atoms with Gasteiger partial charge in [0.1, 0.15) is 0 Å². The Labute approximate surface area is 125 Å². The number of carbonyl (C=O) groups is 1. The number of likely N-dealkylation sites (N-methyl/N-ethyl adjacent to an activating group) is 1. The summed E-state index contributed by atoms with van der Waals surface area (Å²) in [7, 11) is 1.94. The van der Waals surface area contributed by atoms with E-state index >= 15 is 0 Å². The molecule has 1 aliphatic rings. The van der Waals surface area contributed by atoms with Gasteiger partial charge in [-0.1, -0.05) is 48.5 Å². The third-order valence-electron chi connectivity index (χ3n) is 4.14. The Bertz CT molecular complexity index is 624. The van der Waals surface area contributed by atoms with E-state index in [0.717, 1.165) is 18.5 Å². The van der Waals surface area contributed by atoms with Crippen LogP contribution in [-0.4, -0.2) is 30.9 Å². The summed E-state index contributed by atoms with van der Waals surface area (Å²) in [5.41, 5.74) is 3.23. The molecule has 1 heterocycles. The number of carbonyl (C=O) groups excluding carboxylic acids is 1. The maximum absolute atomic E-state index is 12.6. The number of nitrogens with zero attached hydrogens (tertiary/aromatic N) is 1. The third kappa shape index (κ3) is 2.83. The Morgan fingerprint density at radius 1 is 1.10 bits per heavy atom. The van der Waals surface area contributed by atoms with Crippen LogP contribution in [0.5, 0.6) is 0 Å². The lowest BCUT2D eigenvalue weighted by molar-refractivity contribution is 0.0723. The standard InChI is InChI=1S/C18H20N2O/c1-19-17(15-8-3-2-4-9-15)13-20-12-11-14-7-5-6-10-16(14)18(20)21/h2-10,17,19H,11-13H2,1H3. The highest BCUT2D eigenvalue weighted by atomic mass is 16.2. The topological polar surface area (TPSA) is 32.3 Å². The highest BCUT2D eigenvalue weighted by Gasteiger charge is 2.25. The lowest BCUT2D eigenvalue weighted by Crippen LogP contribution is -2.42. The molecular weight excluding hydrogens is 260 g/mol. The first-order chi connectivity index (χ1) is 10.3. The largest absolute Gasteiger partial charge is 0.336 e. The molecule has 0 aliphatic carbocycles. The van der Waals surface area contributed by atoms with Gasteiger partial charge in [-0.15, -0.1) is 0 Å². The summed E-state index contributed by atoms with van der Waals surface area (Å²) >= 11 is 0. The van der Waals surface area contributed by atoms with Crippen LogP contribution in [0.3, 0.4) is 0 Å². The van der Waals surface area contributed by atoms with Gasteiger partial charge < -0.3 is 10.2 Å². The zero-order valence-electron chi connectivity index (χ0n) is 12.3. The number of rotatable bonds is 4. The zero-order valence-corrected chi connectivity index (χ0v) is 12.3. The normalized spacial score (nSPS) is 15.7. The minimum atomic E-state index is 0.146. The molecule has 0 spiro atoms. The predicted molar refractivity (Wildman–Crippen MR) is 84.3 cm³/mol. The lowest BCUT2D eigenvalue weighted by atomic mass is 9.98. The van der Waals surface area contributed by atoms with Crippen LogP contribution < -0.4 is 5.32 Å². The highest BCUT2D eigenvalue weighted by molar-refractivity contribution is 5.96. The van der Waals surface area contributed by atoms with Gasteiger partial charge in [0.2, 0.25) is 0 Å². The van der Waals surface area contributed by atoms with Gasteiger partial charge in [0.05, 0.1) is 0 Å². The number of nitrogens with one attached hydrogen (secondary N) is 1. The molecule has 3 nitrogen and oxygen atoms in total. The summed E-state index contributed by atoms with van der Waals surface area (Å²) in [6, 6.07) is 18.4. The molecule has 1 unspecified atom stereocenters. The molecule has 1 amide bonds. The van der Waals surface area contributed by atoms with Crippen molar-refractivity contribution in [2.45, 2.75) is 12.5 Å². The molecule has 0 saturated heterocycles. The van der Waals surface area contributed by atoms with E-state index in [9.17, 15) is 4.79 Å². The maximum atomic E-state index is 12.6. The molecule has 1 aliphatic heterocycles. The summed E-state index contributed by atoms with van der Waals surface area (Å²) in [6.07, 6.45) is 0.938. The smallest absolute Gasteiger partial charge is 0.254 e. The van der Waals surface area contributed by atoms with Crippen LogP contribution >= 0.6 is 0 Å². The molecule has 0 bridgehead atoms. The molecule has 0 fully saturated rings. The summed E-state index contributed by atoms with van der Waals surface area (Å²) in [5.74, 6) is 0.146. The van der Waals surface area contributed by atoms with Gasteiger partial charge in [0.25, 0.3) is 5.91 Å². The second-order valence-electron chi connectivity index (χ2n) is 5.41. The Morgan fingerprint density at radius 2 is 1.81 bits per heavy atom. The van der Waals surface area contributed by atoms with Crippen LogP contribution in [-0.2, 0) is 6.42 Å². The van der Waals surface area contributed by atoms with Crippen molar-refractivity contribution in [2.24, 2.45) is 0 Å². The van der Waals surface area contributed by atoms with Gasteiger partial charge in [-0.2, -0.15) is 0 Å². The molecule has 21 heavy (non-hydrogen) atoms. The summed E-state index contributed by atoms with van der Waals surface area (Å²) in [5, 5.41) is 3.32. The van der Waals surface area contributed by atoms with Crippen molar-refractivity contribution in [1.82, 2.24) is 10.2 Å². The maximum Gasteiger partial charge on any atom is 0.254 e. The molecule has 0 radical (unpaired) electrons. The minimum absolute atomic E-state index is 0.146. The fraction of sp³-hybridized carbons (Fsp3) is 0.278. The van der Waals surface area contributed by atoms with Crippen LogP contribution in [0.2, 0.25) is 0 Å². The van der Waals surface area contributed by atoms with Crippen molar-refractivity contribution in [1.29, 1.82) is 0 Å². The molecule has 3 heteroatoms. The fourth-order valence-corrected chi connectivity index (χ4v) is 2.92. The molecule has 0 saturated carbocycles. The van der Waals surface area contributed by atoms with E-state index in [4.69, 9.17) is 0 Å². The van der Waals surface area contributed by atoms with E-state index < -0.39 is 0 Å². The van der Waals surface area contributed by atoms with E-state index in [2.05, 4.69) is 23.5 Å². The van der Waals surface area contributed by atoms with Crippen LogP contribution in [0.4, 0.5) is 0 Å². The monoisotopic (exact) mass is 280 g/mol. The summed E-state index contributed by atoms with van der Waals surface area (Å²) in [4.78, 5) is 14.6. The Morgan fingerprint density at radius 3 is 2.57 bits per heavy atom. The first kappa shape index (κ1) is 13.8. The van der Waals surface area contributed by atoms with Crippen LogP contribution in [0.25, 0.3) is 0 Å². The molecule has 2 aromatic rings. The summed E-state index contributed by atoms with van der Waals surface area (Å²) < 4.78 is 0. The molecular formula is C18H20N2O. The van der Waals surface area contributed by atoms with Crippen LogP contribution in [0.1, 0.15) is 27.5 Å². The molecule has 2 aromatic carbocycles. The minimum Gasteiger partial charge on any atom is -0.336 e. The van der Waals surface area contributed by atoms with Crippen molar-refractivity contribution in [3.63, 3.8) is 0 Å². The second-order valence-corrected chi connectivity index (χ2v) is 5.41. The number of amides is 1. The molecule has 108 valence electrons. The second kappa shape index (κ2) is 6.10. The number of hydrogen-bond donors (Lipinski definition) is 1. The van der Waals surface area contributed by atoms with Crippen LogP contribution in [0, 0.1) is 0 Å². The Kier molecular flexibility index (Phi) is 4.02. The first-order valence-corrected chi connectivity index (χ1v) is 7.39. The van der Waals surface area contributed by atoms with Crippen LogP contribution in [0.15, 0.2) is 54.6 Å². The molecule has 0 aromatic heterocycles. The number of hydrogen-bond acceptors (Lipinski definition) is 2. The van der Waals surface area contributed by atoms with Crippen molar-refractivity contribution in [3.05, 3.63) is 71.3 Å². The van der Waals surface area contributed by atoms with E-state index in [1.165, 1.54) is 11.1 Å². The summed E-state index contributed by atoms with van der Waals surface area (Å²) in [6.45, 7) is 1.49. The van der Waals surface area contributed by atoms with Gasteiger partial charge in [-0.05, 0) is 30.7 Å². The van der Waals surface area contributed by atoms with Crippen molar-refractivity contribution in [3.8, 4) is 0 Å². The number of fused-ring (bicyclic) bond motifs is 1. The predicted octanol–water partition coefficient (Wildman–Crippen LogP) is 2.65. The van der Waals surface area contributed by atoms with Gasteiger partial charge in [0, 0.05) is 24.7 Å². The molecule has 3 rings (SSSR count). The molecule has 1 N–H and O–H groups in total. The van der Waals surface area contributed by atoms with Crippen molar-refractivity contribution >= 4 is 5.91 Å². The van der Waals surface area contributed by atoms with E-state index in [1.54, 1.807) is 0 Å². The van der Waals surface area contributed by atoms with E-state index in [1.807, 2.05) is 48.3 Å². The lowest BCUT2D eigenvalue weighted by Gasteiger charge is -2.32. The van der Waals surface area contributed by atoms with E-state index in [0.29, 0.717) is 6.54 Å². The van der Waals surface area contributed by atoms with Gasteiger partial charge in [0.15, 0.2) is 0 Å². The molecule has 1 atom stereocenters.